The molecule has 8 heteroatoms. The second-order valence-corrected chi connectivity index (χ2v) is 8.19. The van der Waals surface area contributed by atoms with Crippen LogP contribution in [0.5, 0.6) is 0 Å². The van der Waals surface area contributed by atoms with Gasteiger partial charge in [-0.15, -0.1) is 0 Å². The highest BCUT2D eigenvalue weighted by molar-refractivity contribution is 7.80. The van der Waals surface area contributed by atoms with Crippen molar-refractivity contribution >= 4 is 22.0 Å². The topological polar surface area (TPSA) is 90.7 Å². The fraction of sp³-hybridized carbons (Fsp3) is 0.533. The van der Waals surface area contributed by atoms with E-state index in [-0.39, 0.29) is 5.54 Å². The second kappa shape index (κ2) is 6.76. The Morgan fingerprint density at radius 1 is 1.09 bits per heavy atom. The molecule has 0 aliphatic carbocycles. The molecule has 23 heavy (non-hydrogen) atoms. The Balaban J connectivity index is 3.40. The van der Waals surface area contributed by atoms with Crippen LogP contribution in [0, 0.1) is 0 Å². The maximum atomic E-state index is 11.2. The van der Waals surface area contributed by atoms with Crippen molar-refractivity contribution in [3.63, 3.8) is 0 Å². The normalized spacial score (nSPS) is 14.0. The first-order chi connectivity index (χ1) is 10.3. The van der Waals surface area contributed by atoms with Crippen LogP contribution in [0.2, 0.25) is 0 Å². The zero-order valence-electron chi connectivity index (χ0n) is 14.4. The van der Waals surface area contributed by atoms with E-state index in [1.807, 2.05) is 51.1 Å². The second-order valence-electron chi connectivity index (χ2n) is 7.18. The number of guanidine groups is 1. The number of hydrogen-bond donors (Lipinski definition) is 3. The quantitative estimate of drug-likeness (QED) is 0.256. The number of rotatable bonds is 3. The van der Waals surface area contributed by atoms with Gasteiger partial charge in [0.2, 0.25) is 0 Å². The molecule has 0 unspecified atom stereocenters. The SMILES string of the molecule is CC(C)(C)N/C(Nc1ccccc1)=[N+](\OS(=O)(=O)O)C(C)(C)C. The van der Waals surface area contributed by atoms with Gasteiger partial charge < -0.3 is 0 Å². The van der Waals surface area contributed by atoms with Gasteiger partial charge in [-0.1, -0.05) is 22.9 Å². The lowest BCUT2D eigenvalue weighted by Crippen LogP contribution is -2.53. The van der Waals surface area contributed by atoms with Crippen molar-refractivity contribution in [1.29, 1.82) is 0 Å². The van der Waals surface area contributed by atoms with Crippen LogP contribution >= 0.6 is 0 Å². The molecule has 0 aliphatic heterocycles. The highest BCUT2D eigenvalue weighted by atomic mass is 32.3. The Bertz CT molecular complexity index is 656. The van der Waals surface area contributed by atoms with E-state index >= 15 is 0 Å². The predicted molar refractivity (Wildman–Crippen MR) is 90.6 cm³/mol. The zero-order valence-corrected chi connectivity index (χ0v) is 15.2. The summed E-state index contributed by atoms with van der Waals surface area (Å²) in [6.45, 7) is 11.1. The van der Waals surface area contributed by atoms with Crippen molar-refractivity contribution in [2.24, 2.45) is 0 Å². The number of benzene rings is 1. The Morgan fingerprint density at radius 2 is 1.61 bits per heavy atom. The minimum absolute atomic E-state index is 0.300. The van der Waals surface area contributed by atoms with E-state index < -0.39 is 15.9 Å². The van der Waals surface area contributed by atoms with E-state index in [2.05, 4.69) is 10.6 Å². The summed E-state index contributed by atoms with van der Waals surface area (Å²) in [7, 11) is -4.67. The first-order valence-electron chi connectivity index (χ1n) is 7.22. The molecule has 1 rings (SSSR count). The van der Waals surface area contributed by atoms with Crippen molar-refractivity contribution in [3.8, 4) is 0 Å². The van der Waals surface area contributed by atoms with Gasteiger partial charge >= 0.3 is 16.4 Å². The summed E-state index contributed by atoms with van der Waals surface area (Å²) in [6.07, 6.45) is 0. The number of para-hydroxylation sites is 1. The summed E-state index contributed by atoms with van der Waals surface area (Å²) in [4.78, 5) is 0. The van der Waals surface area contributed by atoms with Gasteiger partial charge in [0.1, 0.15) is 5.54 Å². The van der Waals surface area contributed by atoms with E-state index in [4.69, 9.17) is 8.84 Å². The van der Waals surface area contributed by atoms with Crippen LogP contribution in [0.25, 0.3) is 0 Å². The maximum absolute atomic E-state index is 11.2. The molecule has 3 N–H and O–H groups in total. The van der Waals surface area contributed by atoms with Crippen molar-refractivity contribution in [2.45, 2.75) is 52.6 Å². The first-order valence-corrected chi connectivity index (χ1v) is 8.59. The molecule has 0 spiro atoms. The highest BCUT2D eigenvalue weighted by Gasteiger charge is 2.33. The first kappa shape index (κ1) is 19.2. The van der Waals surface area contributed by atoms with Gasteiger partial charge in [-0.25, -0.2) is 9.60 Å². The lowest BCUT2D eigenvalue weighted by molar-refractivity contribution is -0.795. The molecule has 0 aromatic heterocycles. The fourth-order valence-electron chi connectivity index (χ4n) is 1.72. The molecular weight excluding hydrogens is 318 g/mol. The zero-order chi connectivity index (χ0) is 17.9. The van der Waals surface area contributed by atoms with E-state index in [1.54, 1.807) is 20.8 Å². The van der Waals surface area contributed by atoms with Crippen LogP contribution in [-0.4, -0.2) is 34.7 Å². The van der Waals surface area contributed by atoms with Crippen molar-refractivity contribution in [1.82, 2.24) is 5.32 Å². The standard InChI is InChI=1S/C15H25N3O4S/c1-14(2,3)17-13(16-12-10-8-7-9-11-12)18(15(4,5)6)22-23(19,20)21/h7-11H,1-6H3,(H2,16,17,19,20,21)/p+1. The Kier molecular flexibility index (Phi) is 5.65. The van der Waals surface area contributed by atoms with Crippen LogP contribution in [-0.2, 0) is 14.7 Å². The highest BCUT2D eigenvalue weighted by Crippen LogP contribution is 2.13. The summed E-state index contributed by atoms with van der Waals surface area (Å²) >= 11 is 0. The van der Waals surface area contributed by atoms with Gasteiger partial charge in [-0.2, -0.15) is 8.42 Å². The molecular formula is C15H26N3O4S+. The van der Waals surface area contributed by atoms with Gasteiger partial charge in [-0.05, 0) is 53.7 Å². The van der Waals surface area contributed by atoms with Crippen LogP contribution in [0.4, 0.5) is 5.69 Å². The molecule has 0 fully saturated rings. The van der Waals surface area contributed by atoms with E-state index in [0.717, 1.165) is 10.4 Å². The Hall–Kier alpha value is -1.80. The molecule has 0 radical (unpaired) electrons. The van der Waals surface area contributed by atoms with Crippen LogP contribution < -0.4 is 10.6 Å². The molecule has 1 aromatic carbocycles. The molecule has 130 valence electrons. The molecule has 0 amide bonds. The summed E-state index contributed by atoms with van der Waals surface area (Å²) in [5.41, 5.74) is -0.374. The molecule has 0 heterocycles. The number of anilines is 1. The number of nitrogens with one attached hydrogen (secondary N) is 2. The van der Waals surface area contributed by atoms with Gasteiger partial charge in [0, 0.05) is 0 Å². The summed E-state index contributed by atoms with van der Waals surface area (Å²) in [5.74, 6) is 0.300. The summed E-state index contributed by atoms with van der Waals surface area (Å²) in [5, 5.41) is 6.26. The predicted octanol–water partition coefficient (Wildman–Crippen LogP) is 2.39. The van der Waals surface area contributed by atoms with Gasteiger partial charge in [0.05, 0.1) is 11.2 Å². The lowest BCUT2D eigenvalue weighted by Gasteiger charge is -2.26. The Morgan fingerprint density at radius 3 is 2.00 bits per heavy atom. The van der Waals surface area contributed by atoms with E-state index in [1.165, 1.54) is 0 Å². The molecule has 1 aromatic rings. The largest absolute Gasteiger partial charge is 0.476 e. The van der Waals surface area contributed by atoms with Gasteiger partial charge in [0.25, 0.3) is 0 Å². The maximum Gasteiger partial charge on any atom is 0.476 e. The molecule has 0 bridgehead atoms. The Labute approximate surface area is 138 Å². The van der Waals surface area contributed by atoms with Gasteiger partial charge in [0.15, 0.2) is 0 Å². The average Bonchev–Trinajstić information content (AvgIpc) is 2.32. The third kappa shape index (κ3) is 7.34. The fourth-order valence-corrected chi connectivity index (χ4v) is 2.21. The average molecular weight is 344 g/mol. The molecule has 0 saturated carbocycles. The minimum atomic E-state index is -4.67. The van der Waals surface area contributed by atoms with Crippen molar-refractivity contribution < 1.29 is 22.0 Å². The van der Waals surface area contributed by atoms with Crippen molar-refractivity contribution in [2.75, 3.05) is 5.32 Å². The molecule has 7 nitrogen and oxygen atoms in total. The lowest BCUT2D eigenvalue weighted by atomic mass is 10.1. The smallest absolute Gasteiger partial charge is 0.270 e. The van der Waals surface area contributed by atoms with Crippen LogP contribution in [0.15, 0.2) is 30.3 Å². The van der Waals surface area contributed by atoms with Crippen molar-refractivity contribution in [3.05, 3.63) is 30.3 Å². The van der Waals surface area contributed by atoms with E-state index in [9.17, 15) is 8.42 Å². The third-order valence-electron chi connectivity index (χ3n) is 2.51. The number of hydroxylamine groups is 1. The van der Waals surface area contributed by atoms with Crippen LogP contribution in [0.3, 0.4) is 0 Å². The van der Waals surface area contributed by atoms with E-state index in [0.29, 0.717) is 5.96 Å². The number of hydrogen-bond acceptors (Lipinski definition) is 3. The van der Waals surface area contributed by atoms with Crippen LogP contribution in [0.1, 0.15) is 41.5 Å². The molecule has 0 saturated heterocycles. The monoisotopic (exact) mass is 344 g/mol. The summed E-state index contributed by atoms with van der Waals surface area (Å²) in [6, 6.07) is 9.24. The minimum Gasteiger partial charge on any atom is -0.270 e. The number of nitrogens with zero attached hydrogens (tertiary/aromatic N) is 1. The molecule has 0 aliphatic rings. The third-order valence-corrected chi connectivity index (χ3v) is 2.85. The van der Waals surface area contributed by atoms with Gasteiger partial charge in [-0.3, -0.25) is 9.87 Å². The summed E-state index contributed by atoms with van der Waals surface area (Å²) < 4.78 is 37.5. The molecule has 0 atom stereocenters.